The van der Waals surface area contributed by atoms with Gasteiger partial charge in [-0.25, -0.2) is 4.39 Å². The third kappa shape index (κ3) is 4.27. The van der Waals surface area contributed by atoms with E-state index in [2.05, 4.69) is 21.2 Å². The van der Waals surface area contributed by atoms with Crippen molar-refractivity contribution in [3.05, 3.63) is 34.1 Å². The molecule has 1 aliphatic heterocycles. The molecule has 120 valence electrons. The fraction of sp³-hybridized carbons (Fsp3) is 0.467. The SMILES string of the molecule is O=C(NCC(C(=O)O)C1CCOCC1)c1ccc(Br)c(F)c1. The summed E-state index contributed by atoms with van der Waals surface area (Å²) in [7, 11) is 0. The number of rotatable bonds is 5. The summed E-state index contributed by atoms with van der Waals surface area (Å²) < 4.78 is 18.9. The lowest BCUT2D eigenvalue weighted by Crippen LogP contribution is -2.39. The van der Waals surface area contributed by atoms with E-state index in [1.54, 1.807) is 0 Å². The first-order chi connectivity index (χ1) is 10.5. The second kappa shape index (κ2) is 7.69. The molecule has 0 bridgehead atoms. The van der Waals surface area contributed by atoms with Gasteiger partial charge < -0.3 is 15.2 Å². The Morgan fingerprint density at radius 2 is 2.09 bits per heavy atom. The Balaban J connectivity index is 1.97. The minimum absolute atomic E-state index is 0.0202. The zero-order valence-corrected chi connectivity index (χ0v) is 13.4. The number of hydrogen-bond acceptors (Lipinski definition) is 3. The van der Waals surface area contributed by atoms with Gasteiger partial charge in [0.05, 0.1) is 10.4 Å². The lowest BCUT2D eigenvalue weighted by Gasteiger charge is -2.27. The second-order valence-corrected chi connectivity index (χ2v) is 6.09. The molecule has 1 aromatic rings. The number of ether oxygens (including phenoxy) is 1. The van der Waals surface area contributed by atoms with Gasteiger partial charge in [-0.2, -0.15) is 0 Å². The van der Waals surface area contributed by atoms with E-state index in [4.69, 9.17) is 4.74 Å². The minimum Gasteiger partial charge on any atom is -0.481 e. The Morgan fingerprint density at radius 3 is 2.68 bits per heavy atom. The van der Waals surface area contributed by atoms with E-state index in [-0.39, 0.29) is 22.5 Å². The topological polar surface area (TPSA) is 75.6 Å². The highest BCUT2D eigenvalue weighted by molar-refractivity contribution is 9.10. The second-order valence-electron chi connectivity index (χ2n) is 5.23. The summed E-state index contributed by atoms with van der Waals surface area (Å²) >= 11 is 3.02. The van der Waals surface area contributed by atoms with Crippen LogP contribution in [0.25, 0.3) is 0 Å². The molecule has 7 heteroatoms. The molecule has 1 amide bonds. The van der Waals surface area contributed by atoms with Crippen LogP contribution in [0.3, 0.4) is 0 Å². The molecule has 1 aliphatic rings. The summed E-state index contributed by atoms with van der Waals surface area (Å²) in [5, 5.41) is 11.9. The lowest BCUT2D eigenvalue weighted by atomic mass is 9.86. The lowest BCUT2D eigenvalue weighted by molar-refractivity contribution is -0.144. The molecule has 1 saturated heterocycles. The summed E-state index contributed by atoms with van der Waals surface area (Å²) in [6.07, 6.45) is 1.33. The molecule has 2 rings (SSSR count). The maximum absolute atomic E-state index is 13.4. The smallest absolute Gasteiger partial charge is 0.308 e. The first-order valence-electron chi connectivity index (χ1n) is 7.03. The van der Waals surface area contributed by atoms with Crippen LogP contribution in [0.15, 0.2) is 22.7 Å². The standard InChI is InChI=1S/C15H17BrFNO4/c16-12-2-1-10(7-13(12)17)14(19)18-8-11(15(20)21)9-3-5-22-6-4-9/h1-2,7,9,11H,3-6,8H2,(H,18,19)(H,20,21). The van der Waals surface area contributed by atoms with Crippen LogP contribution in [0.1, 0.15) is 23.2 Å². The Hall–Kier alpha value is -1.47. The molecule has 0 saturated carbocycles. The van der Waals surface area contributed by atoms with E-state index in [0.29, 0.717) is 26.1 Å². The van der Waals surface area contributed by atoms with Gasteiger partial charge in [0.1, 0.15) is 5.82 Å². The van der Waals surface area contributed by atoms with Gasteiger partial charge in [-0.15, -0.1) is 0 Å². The zero-order valence-electron chi connectivity index (χ0n) is 11.9. The van der Waals surface area contributed by atoms with Crippen LogP contribution in [-0.2, 0) is 9.53 Å². The summed E-state index contributed by atoms with van der Waals surface area (Å²) in [6, 6.07) is 4.04. The van der Waals surface area contributed by atoms with Crippen molar-refractivity contribution in [1.29, 1.82) is 0 Å². The average Bonchev–Trinajstić information content (AvgIpc) is 2.50. The van der Waals surface area contributed by atoms with Gasteiger partial charge >= 0.3 is 5.97 Å². The molecular formula is C15H17BrFNO4. The molecule has 1 unspecified atom stereocenters. The largest absolute Gasteiger partial charge is 0.481 e. The van der Waals surface area contributed by atoms with E-state index >= 15 is 0 Å². The van der Waals surface area contributed by atoms with Crippen LogP contribution < -0.4 is 5.32 Å². The van der Waals surface area contributed by atoms with Crippen molar-refractivity contribution in [3.63, 3.8) is 0 Å². The molecule has 1 fully saturated rings. The van der Waals surface area contributed by atoms with Crippen molar-refractivity contribution in [2.75, 3.05) is 19.8 Å². The summed E-state index contributed by atoms with van der Waals surface area (Å²) in [6.45, 7) is 1.11. The van der Waals surface area contributed by atoms with Gasteiger partial charge in [-0.05, 0) is 52.9 Å². The van der Waals surface area contributed by atoms with Gasteiger partial charge in [0.2, 0.25) is 0 Å². The van der Waals surface area contributed by atoms with E-state index in [1.165, 1.54) is 12.1 Å². The fourth-order valence-electron chi connectivity index (χ4n) is 2.52. The third-order valence-corrected chi connectivity index (χ3v) is 4.46. The molecule has 0 radical (unpaired) electrons. The number of amides is 1. The van der Waals surface area contributed by atoms with Crippen LogP contribution >= 0.6 is 15.9 Å². The van der Waals surface area contributed by atoms with Crippen molar-refractivity contribution < 1.29 is 23.8 Å². The monoisotopic (exact) mass is 373 g/mol. The van der Waals surface area contributed by atoms with E-state index in [9.17, 15) is 19.1 Å². The Labute approximate surface area is 136 Å². The number of nitrogens with one attached hydrogen (secondary N) is 1. The highest BCUT2D eigenvalue weighted by Gasteiger charge is 2.30. The van der Waals surface area contributed by atoms with Gasteiger partial charge in [-0.1, -0.05) is 0 Å². The molecule has 22 heavy (non-hydrogen) atoms. The van der Waals surface area contributed by atoms with E-state index in [0.717, 1.165) is 6.07 Å². The van der Waals surface area contributed by atoms with Crippen molar-refractivity contribution in [2.24, 2.45) is 11.8 Å². The Bertz CT molecular complexity index is 560. The summed E-state index contributed by atoms with van der Waals surface area (Å²) in [5.41, 5.74) is 0.164. The van der Waals surface area contributed by atoms with Gasteiger partial charge in [0.15, 0.2) is 0 Å². The van der Waals surface area contributed by atoms with Gasteiger partial charge in [-0.3, -0.25) is 9.59 Å². The number of carbonyl (C=O) groups is 2. The van der Waals surface area contributed by atoms with E-state index < -0.39 is 23.6 Å². The van der Waals surface area contributed by atoms with Crippen LogP contribution in [0.5, 0.6) is 0 Å². The molecule has 5 nitrogen and oxygen atoms in total. The maximum atomic E-state index is 13.4. The molecular weight excluding hydrogens is 357 g/mol. The molecule has 0 spiro atoms. The number of halogens is 2. The number of hydrogen-bond donors (Lipinski definition) is 2. The van der Waals surface area contributed by atoms with Crippen LogP contribution in [0.4, 0.5) is 4.39 Å². The normalized spacial score (nSPS) is 17.0. The minimum atomic E-state index is -0.936. The number of benzene rings is 1. The molecule has 1 heterocycles. The Morgan fingerprint density at radius 1 is 1.41 bits per heavy atom. The van der Waals surface area contributed by atoms with Crippen molar-refractivity contribution in [2.45, 2.75) is 12.8 Å². The number of carboxylic acid groups (broad SMARTS) is 1. The third-order valence-electron chi connectivity index (χ3n) is 3.82. The molecule has 1 atom stereocenters. The Kier molecular flexibility index (Phi) is 5.90. The molecule has 0 aromatic heterocycles. The predicted octanol–water partition coefficient (Wildman–Crippen LogP) is 2.45. The predicted molar refractivity (Wildman–Crippen MR) is 81.1 cm³/mol. The maximum Gasteiger partial charge on any atom is 0.308 e. The van der Waals surface area contributed by atoms with Crippen molar-refractivity contribution in [3.8, 4) is 0 Å². The number of carboxylic acids is 1. The van der Waals surface area contributed by atoms with Gasteiger partial charge in [0, 0.05) is 25.3 Å². The number of aliphatic carboxylic acids is 1. The molecule has 1 aromatic carbocycles. The molecule has 0 aliphatic carbocycles. The van der Waals surface area contributed by atoms with E-state index in [1.807, 2.05) is 0 Å². The van der Waals surface area contributed by atoms with Crippen LogP contribution in [0.2, 0.25) is 0 Å². The average molecular weight is 374 g/mol. The first-order valence-corrected chi connectivity index (χ1v) is 7.82. The molecule has 2 N–H and O–H groups in total. The van der Waals surface area contributed by atoms with Gasteiger partial charge in [0.25, 0.3) is 5.91 Å². The highest BCUT2D eigenvalue weighted by Crippen LogP contribution is 2.24. The fourth-order valence-corrected chi connectivity index (χ4v) is 2.76. The van der Waals surface area contributed by atoms with Crippen LogP contribution in [0, 0.1) is 17.7 Å². The number of carbonyl (C=O) groups excluding carboxylic acids is 1. The van der Waals surface area contributed by atoms with Crippen LogP contribution in [-0.4, -0.2) is 36.7 Å². The van der Waals surface area contributed by atoms with Crippen molar-refractivity contribution in [1.82, 2.24) is 5.32 Å². The van der Waals surface area contributed by atoms with Crippen molar-refractivity contribution >= 4 is 27.8 Å². The highest BCUT2D eigenvalue weighted by atomic mass is 79.9. The quantitative estimate of drug-likeness (QED) is 0.830. The first kappa shape index (κ1) is 16.9. The summed E-state index contributed by atoms with van der Waals surface area (Å²) in [5.74, 6) is -2.63. The summed E-state index contributed by atoms with van der Waals surface area (Å²) in [4.78, 5) is 23.4. The zero-order chi connectivity index (χ0) is 16.1.